The van der Waals surface area contributed by atoms with E-state index in [1.54, 1.807) is 0 Å². The lowest BCUT2D eigenvalue weighted by molar-refractivity contribution is 0.0408. The number of thiophene rings is 1. The third-order valence-corrected chi connectivity index (χ3v) is 5.06. The quantitative estimate of drug-likeness (QED) is 0.804. The van der Waals surface area contributed by atoms with Gasteiger partial charge >= 0.3 is 0 Å². The Hall–Kier alpha value is -0.420. The lowest BCUT2D eigenvalue weighted by atomic mass is 10.00. The van der Waals surface area contributed by atoms with E-state index < -0.39 is 0 Å². The van der Waals surface area contributed by atoms with Gasteiger partial charge in [-0.25, -0.2) is 0 Å². The van der Waals surface area contributed by atoms with Crippen molar-refractivity contribution in [3.63, 3.8) is 0 Å². The van der Waals surface area contributed by atoms with Crippen LogP contribution >= 0.6 is 11.3 Å². The minimum Gasteiger partial charge on any atom is -0.315 e. The third kappa shape index (κ3) is 4.56. The summed E-state index contributed by atoms with van der Waals surface area (Å²) in [5, 5.41) is 5.72. The minimum absolute atomic E-state index is 0.315. The smallest absolute Gasteiger partial charge is 0.0277 e. The van der Waals surface area contributed by atoms with Crippen molar-refractivity contribution in [2.24, 2.45) is 0 Å². The van der Waals surface area contributed by atoms with Gasteiger partial charge in [-0.1, -0.05) is 6.07 Å². The van der Waals surface area contributed by atoms with Gasteiger partial charge in [0.1, 0.15) is 0 Å². The summed E-state index contributed by atoms with van der Waals surface area (Å²) < 4.78 is 0. The Morgan fingerprint density at radius 2 is 2.16 bits per heavy atom. The predicted molar refractivity (Wildman–Crippen MR) is 84.0 cm³/mol. The Morgan fingerprint density at radius 3 is 2.84 bits per heavy atom. The molecule has 1 fully saturated rings. The van der Waals surface area contributed by atoms with Crippen LogP contribution in [0.2, 0.25) is 0 Å². The average molecular weight is 281 g/mol. The highest BCUT2D eigenvalue weighted by Crippen LogP contribution is 2.18. The van der Waals surface area contributed by atoms with Crippen molar-refractivity contribution in [3.05, 3.63) is 22.4 Å². The second kappa shape index (κ2) is 6.84. The van der Waals surface area contributed by atoms with E-state index in [4.69, 9.17) is 0 Å². The third-order valence-electron chi connectivity index (χ3n) is 4.13. The van der Waals surface area contributed by atoms with Crippen LogP contribution in [0.3, 0.4) is 0 Å². The Kier molecular flexibility index (Phi) is 5.39. The van der Waals surface area contributed by atoms with Crippen LogP contribution in [0.4, 0.5) is 0 Å². The molecule has 2 heterocycles. The first-order valence-corrected chi connectivity index (χ1v) is 8.12. The summed E-state index contributed by atoms with van der Waals surface area (Å²) >= 11 is 1.85. The molecule has 0 aliphatic carbocycles. The molecule has 0 aromatic carbocycles. The zero-order chi connectivity index (χ0) is 13.7. The molecule has 1 aromatic rings. The van der Waals surface area contributed by atoms with Gasteiger partial charge in [0.05, 0.1) is 0 Å². The molecule has 0 atom stereocenters. The monoisotopic (exact) mass is 281 g/mol. The second-order valence-corrected chi connectivity index (χ2v) is 7.12. The maximum atomic E-state index is 3.56. The molecule has 0 bridgehead atoms. The molecule has 19 heavy (non-hydrogen) atoms. The van der Waals surface area contributed by atoms with E-state index in [9.17, 15) is 0 Å². The summed E-state index contributed by atoms with van der Waals surface area (Å²) in [6, 6.07) is 4.35. The SMILES string of the molecule is CN1CCN(CCNCCc2cccs2)CC1(C)C. The Balaban J connectivity index is 1.58. The molecule has 2 rings (SSSR count). The standard InChI is InChI=1S/C15H27N3S/c1-15(2)13-18(11-10-17(15)3)9-8-16-7-6-14-5-4-12-19-14/h4-5,12,16H,6-11,13H2,1-3H3. The molecule has 4 heteroatoms. The number of hydrogen-bond acceptors (Lipinski definition) is 4. The van der Waals surface area contributed by atoms with E-state index in [1.807, 2.05) is 11.3 Å². The average Bonchev–Trinajstić information content (AvgIpc) is 2.86. The van der Waals surface area contributed by atoms with Crippen molar-refractivity contribution < 1.29 is 0 Å². The highest BCUT2D eigenvalue weighted by molar-refractivity contribution is 7.09. The topological polar surface area (TPSA) is 18.5 Å². The molecule has 1 aliphatic heterocycles. The van der Waals surface area contributed by atoms with Crippen LogP contribution in [0.25, 0.3) is 0 Å². The fourth-order valence-corrected chi connectivity index (χ4v) is 3.27. The van der Waals surface area contributed by atoms with E-state index in [-0.39, 0.29) is 0 Å². The molecule has 0 amide bonds. The molecule has 1 aliphatic rings. The maximum Gasteiger partial charge on any atom is 0.0277 e. The lowest BCUT2D eigenvalue weighted by Gasteiger charge is -2.45. The molecule has 1 saturated heterocycles. The van der Waals surface area contributed by atoms with E-state index in [0.717, 1.165) is 19.5 Å². The van der Waals surface area contributed by atoms with Gasteiger partial charge in [-0.15, -0.1) is 11.3 Å². The zero-order valence-electron chi connectivity index (χ0n) is 12.5. The normalized spacial score (nSPS) is 20.8. The molecule has 108 valence electrons. The Labute approximate surface area is 121 Å². The van der Waals surface area contributed by atoms with Crippen molar-refractivity contribution in [1.29, 1.82) is 0 Å². The summed E-state index contributed by atoms with van der Waals surface area (Å²) in [5.74, 6) is 0. The number of nitrogens with one attached hydrogen (secondary N) is 1. The molecule has 1 aromatic heterocycles. The molecule has 0 radical (unpaired) electrons. The number of likely N-dealkylation sites (N-methyl/N-ethyl adjacent to an activating group) is 1. The zero-order valence-corrected chi connectivity index (χ0v) is 13.3. The van der Waals surface area contributed by atoms with Crippen LogP contribution in [-0.4, -0.2) is 61.7 Å². The van der Waals surface area contributed by atoms with Gasteiger partial charge in [0.25, 0.3) is 0 Å². The highest BCUT2D eigenvalue weighted by atomic mass is 32.1. The number of rotatable bonds is 6. The molecule has 1 N–H and O–H groups in total. The van der Waals surface area contributed by atoms with Crippen LogP contribution in [-0.2, 0) is 6.42 Å². The summed E-state index contributed by atoms with van der Waals surface area (Å²) in [6.45, 7) is 11.6. The van der Waals surface area contributed by atoms with E-state index in [2.05, 4.69) is 53.5 Å². The number of nitrogens with zero attached hydrogens (tertiary/aromatic N) is 2. The van der Waals surface area contributed by atoms with Crippen LogP contribution in [0.5, 0.6) is 0 Å². The first-order valence-electron chi connectivity index (χ1n) is 7.25. The number of piperazine rings is 1. The van der Waals surface area contributed by atoms with Crippen LogP contribution in [0.15, 0.2) is 17.5 Å². The van der Waals surface area contributed by atoms with Crippen molar-refractivity contribution in [2.75, 3.05) is 46.3 Å². The lowest BCUT2D eigenvalue weighted by Crippen LogP contribution is -2.58. The highest BCUT2D eigenvalue weighted by Gasteiger charge is 2.30. The van der Waals surface area contributed by atoms with Crippen LogP contribution in [0, 0.1) is 0 Å². The number of hydrogen-bond donors (Lipinski definition) is 1. The van der Waals surface area contributed by atoms with Crippen molar-refractivity contribution >= 4 is 11.3 Å². The van der Waals surface area contributed by atoms with E-state index in [0.29, 0.717) is 5.54 Å². The van der Waals surface area contributed by atoms with E-state index in [1.165, 1.54) is 31.1 Å². The van der Waals surface area contributed by atoms with Crippen molar-refractivity contribution in [1.82, 2.24) is 15.1 Å². The molecular formula is C15H27N3S. The summed E-state index contributed by atoms with van der Waals surface area (Å²) in [5.41, 5.74) is 0.315. The second-order valence-electron chi connectivity index (χ2n) is 6.09. The van der Waals surface area contributed by atoms with Gasteiger partial charge in [0.15, 0.2) is 0 Å². The van der Waals surface area contributed by atoms with Crippen LogP contribution in [0.1, 0.15) is 18.7 Å². The summed E-state index contributed by atoms with van der Waals surface area (Å²) in [4.78, 5) is 6.53. The molecule has 3 nitrogen and oxygen atoms in total. The van der Waals surface area contributed by atoms with Crippen molar-refractivity contribution in [3.8, 4) is 0 Å². The van der Waals surface area contributed by atoms with Gasteiger partial charge in [-0.2, -0.15) is 0 Å². The summed E-state index contributed by atoms with van der Waals surface area (Å²) in [6.07, 6.45) is 1.16. The largest absolute Gasteiger partial charge is 0.315 e. The van der Waals surface area contributed by atoms with Gasteiger partial charge in [-0.3, -0.25) is 9.80 Å². The summed E-state index contributed by atoms with van der Waals surface area (Å²) in [7, 11) is 2.23. The molecule has 0 spiro atoms. The minimum atomic E-state index is 0.315. The van der Waals surface area contributed by atoms with Gasteiger partial charge in [-0.05, 0) is 38.8 Å². The first-order chi connectivity index (χ1) is 9.08. The Morgan fingerprint density at radius 1 is 1.32 bits per heavy atom. The first kappa shape index (κ1) is 15.0. The Bertz CT molecular complexity index is 361. The molecule has 0 unspecified atom stereocenters. The molecular weight excluding hydrogens is 254 g/mol. The van der Waals surface area contributed by atoms with E-state index >= 15 is 0 Å². The van der Waals surface area contributed by atoms with Gasteiger partial charge in [0.2, 0.25) is 0 Å². The van der Waals surface area contributed by atoms with Crippen LogP contribution < -0.4 is 5.32 Å². The van der Waals surface area contributed by atoms with Gasteiger partial charge < -0.3 is 5.32 Å². The van der Waals surface area contributed by atoms with Crippen molar-refractivity contribution in [2.45, 2.75) is 25.8 Å². The fraction of sp³-hybridized carbons (Fsp3) is 0.733. The maximum absolute atomic E-state index is 3.56. The fourth-order valence-electron chi connectivity index (χ4n) is 2.56. The molecule has 0 saturated carbocycles. The van der Waals surface area contributed by atoms with Gasteiger partial charge in [0, 0.05) is 49.7 Å². The predicted octanol–water partition coefficient (Wildman–Crippen LogP) is 1.91.